The number of aliphatic hydroxyl groups is 1. The fraction of sp³-hybridized carbons (Fsp3) is 0.571. The summed E-state index contributed by atoms with van der Waals surface area (Å²) >= 11 is 3.29. The van der Waals surface area contributed by atoms with Crippen molar-refractivity contribution >= 4 is 31.6 Å². The normalized spacial score (nSPS) is 24.8. The van der Waals surface area contributed by atoms with Gasteiger partial charge in [0.25, 0.3) is 0 Å². The van der Waals surface area contributed by atoms with Gasteiger partial charge in [-0.3, -0.25) is 0 Å². The van der Waals surface area contributed by atoms with E-state index in [1.807, 2.05) is 0 Å². The molecule has 1 saturated heterocycles. The number of hydrogen-bond donors (Lipinski definition) is 2. The third-order valence-corrected chi connectivity index (χ3v) is 6.49. The molecule has 0 radical (unpaired) electrons. The van der Waals surface area contributed by atoms with Gasteiger partial charge >= 0.3 is 0 Å². The fourth-order valence-electron chi connectivity index (χ4n) is 2.56. The van der Waals surface area contributed by atoms with E-state index in [4.69, 9.17) is 5.73 Å². The largest absolute Gasteiger partial charge is 0.398 e. The number of halogens is 1. The number of nitrogen functional groups attached to an aromatic ring is 1. The van der Waals surface area contributed by atoms with Crippen molar-refractivity contribution < 1.29 is 13.5 Å². The number of rotatable bonds is 2. The maximum Gasteiger partial charge on any atom is 0.243 e. The summed E-state index contributed by atoms with van der Waals surface area (Å²) in [6.07, 6.45) is 1.70. The van der Waals surface area contributed by atoms with Gasteiger partial charge in [-0.15, -0.1) is 0 Å². The van der Waals surface area contributed by atoms with E-state index in [0.29, 0.717) is 48.1 Å². The first-order valence-corrected chi connectivity index (χ1v) is 9.15. The molecular formula is C14H21BrN2O3S. The van der Waals surface area contributed by atoms with Crippen LogP contribution in [0.5, 0.6) is 0 Å². The van der Waals surface area contributed by atoms with Crippen molar-refractivity contribution in [1.82, 2.24) is 4.31 Å². The number of sulfonamides is 1. The van der Waals surface area contributed by atoms with Crippen LogP contribution in [0.4, 0.5) is 5.69 Å². The predicted octanol–water partition coefficient (Wildman–Crippen LogP) is 2.27. The average Bonchev–Trinajstić information content (AvgIpc) is 2.55. The zero-order chi connectivity index (χ0) is 15.8. The van der Waals surface area contributed by atoms with Gasteiger partial charge in [0, 0.05) is 23.2 Å². The first-order chi connectivity index (χ1) is 9.63. The van der Waals surface area contributed by atoms with Crippen molar-refractivity contribution in [2.24, 2.45) is 0 Å². The molecule has 0 aromatic heterocycles. The summed E-state index contributed by atoms with van der Waals surface area (Å²) in [5, 5.41) is 10.1. The fourth-order valence-corrected chi connectivity index (χ4v) is 4.95. The average molecular weight is 377 g/mol. The highest BCUT2D eigenvalue weighted by molar-refractivity contribution is 9.10. The third kappa shape index (κ3) is 3.59. The molecular weight excluding hydrogens is 356 g/mol. The molecule has 7 heteroatoms. The van der Waals surface area contributed by atoms with Crippen molar-refractivity contribution in [3.63, 3.8) is 0 Å². The molecule has 21 heavy (non-hydrogen) atoms. The van der Waals surface area contributed by atoms with Crippen LogP contribution in [-0.4, -0.2) is 36.5 Å². The van der Waals surface area contributed by atoms with Gasteiger partial charge in [-0.2, -0.15) is 4.31 Å². The van der Waals surface area contributed by atoms with Crippen molar-refractivity contribution in [1.29, 1.82) is 0 Å². The molecule has 0 bridgehead atoms. The lowest BCUT2D eigenvalue weighted by Crippen LogP contribution is -2.34. The van der Waals surface area contributed by atoms with E-state index in [1.165, 1.54) is 4.31 Å². The summed E-state index contributed by atoms with van der Waals surface area (Å²) in [6.45, 7) is 4.21. The van der Waals surface area contributed by atoms with E-state index in [0.717, 1.165) is 0 Å². The SMILES string of the molecule is Cc1c(N)cc(Br)cc1S(=O)(=O)N1CCCC(C)(O)CC1. The van der Waals surface area contributed by atoms with Gasteiger partial charge in [0.2, 0.25) is 10.0 Å². The van der Waals surface area contributed by atoms with Gasteiger partial charge in [-0.1, -0.05) is 15.9 Å². The number of benzene rings is 1. The highest BCUT2D eigenvalue weighted by Crippen LogP contribution is 2.31. The van der Waals surface area contributed by atoms with E-state index in [-0.39, 0.29) is 4.90 Å². The Balaban J connectivity index is 2.39. The van der Waals surface area contributed by atoms with Crippen molar-refractivity contribution in [2.75, 3.05) is 18.8 Å². The van der Waals surface area contributed by atoms with Crippen LogP contribution >= 0.6 is 15.9 Å². The first kappa shape index (κ1) is 16.7. The Bertz CT molecular complexity index is 644. The Hall–Kier alpha value is -0.630. The number of anilines is 1. The van der Waals surface area contributed by atoms with Gasteiger partial charge in [0.1, 0.15) is 0 Å². The van der Waals surface area contributed by atoms with Gasteiger partial charge in [0.05, 0.1) is 10.5 Å². The van der Waals surface area contributed by atoms with Crippen LogP contribution in [0.1, 0.15) is 31.7 Å². The Morgan fingerprint density at radius 3 is 2.67 bits per heavy atom. The second kappa shape index (κ2) is 5.87. The molecule has 0 amide bonds. The molecule has 1 unspecified atom stereocenters. The molecule has 0 saturated carbocycles. The molecule has 1 aliphatic rings. The van der Waals surface area contributed by atoms with Gasteiger partial charge in [-0.25, -0.2) is 8.42 Å². The van der Waals surface area contributed by atoms with E-state index in [2.05, 4.69) is 15.9 Å². The van der Waals surface area contributed by atoms with Crippen LogP contribution in [0.25, 0.3) is 0 Å². The molecule has 1 fully saturated rings. The van der Waals surface area contributed by atoms with E-state index in [1.54, 1.807) is 26.0 Å². The molecule has 3 N–H and O–H groups in total. The summed E-state index contributed by atoms with van der Waals surface area (Å²) in [5.41, 5.74) is 6.09. The van der Waals surface area contributed by atoms with Gasteiger partial charge < -0.3 is 10.8 Å². The molecule has 1 aliphatic heterocycles. The summed E-state index contributed by atoms with van der Waals surface area (Å²) in [4.78, 5) is 0.232. The molecule has 1 heterocycles. The standard InChI is InChI=1S/C14H21BrN2O3S/c1-10-12(16)8-11(15)9-13(10)21(19,20)17-6-3-4-14(2,18)5-7-17/h8-9,18H,3-7,16H2,1-2H3. The summed E-state index contributed by atoms with van der Waals surface area (Å²) < 4.78 is 27.8. The molecule has 0 aliphatic carbocycles. The Labute approximate surface area is 134 Å². The van der Waals surface area contributed by atoms with Crippen LogP contribution in [0, 0.1) is 6.92 Å². The van der Waals surface area contributed by atoms with Crippen LogP contribution in [-0.2, 0) is 10.0 Å². The smallest absolute Gasteiger partial charge is 0.243 e. The molecule has 1 atom stereocenters. The summed E-state index contributed by atoms with van der Waals surface area (Å²) in [5.74, 6) is 0. The van der Waals surface area contributed by atoms with Crippen LogP contribution in [0.2, 0.25) is 0 Å². The van der Waals surface area contributed by atoms with E-state index in [9.17, 15) is 13.5 Å². The minimum Gasteiger partial charge on any atom is -0.398 e. The Morgan fingerprint density at radius 2 is 2.00 bits per heavy atom. The molecule has 118 valence electrons. The predicted molar refractivity (Wildman–Crippen MR) is 86.5 cm³/mol. The van der Waals surface area contributed by atoms with Crippen molar-refractivity contribution in [2.45, 2.75) is 43.6 Å². The van der Waals surface area contributed by atoms with Gasteiger partial charge in [-0.05, 0) is 50.8 Å². The Morgan fingerprint density at radius 1 is 1.33 bits per heavy atom. The lowest BCUT2D eigenvalue weighted by Gasteiger charge is -2.23. The molecule has 1 aromatic rings. The first-order valence-electron chi connectivity index (χ1n) is 6.92. The second-order valence-corrected chi connectivity index (χ2v) is 8.69. The highest BCUT2D eigenvalue weighted by atomic mass is 79.9. The maximum atomic E-state index is 12.8. The second-order valence-electron chi connectivity index (χ2n) is 5.87. The molecule has 5 nitrogen and oxygen atoms in total. The van der Waals surface area contributed by atoms with Crippen molar-refractivity contribution in [3.05, 3.63) is 22.2 Å². The van der Waals surface area contributed by atoms with Crippen LogP contribution in [0.3, 0.4) is 0 Å². The highest BCUT2D eigenvalue weighted by Gasteiger charge is 2.32. The van der Waals surface area contributed by atoms with E-state index >= 15 is 0 Å². The quantitative estimate of drug-likeness (QED) is 0.775. The van der Waals surface area contributed by atoms with E-state index < -0.39 is 15.6 Å². The lowest BCUT2D eigenvalue weighted by molar-refractivity contribution is 0.0465. The third-order valence-electron chi connectivity index (χ3n) is 4.01. The zero-order valence-corrected chi connectivity index (χ0v) is 14.7. The molecule has 0 spiro atoms. The summed E-state index contributed by atoms with van der Waals surface area (Å²) in [6, 6.07) is 3.28. The summed E-state index contributed by atoms with van der Waals surface area (Å²) in [7, 11) is -3.60. The minimum absolute atomic E-state index is 0.232. The molecule has 2 rings (SSSR count). The maximum absolute atomic E-state index is 12.8. The van der Waals surface area contributed by atoms with Crippen LogP contribution in [0.15, 0.2) is 21.5 Å². The molecule has 1 aromatic carbocycles. The monoisotopic (exact) mass is 376 g/mol. The number of nitrogens with two attached hydrogens (primary N) is 1. The van der Waals surface area contributed by atoms with Gasteiger partial charge in [0.15, 0.2) is 0 Å². The van der Waals surface area contributed by atoms with Crippen LogP contribution < -0.4 is 5.73 Å². The Kier molecular flexibility index (Phi) is 4.68. The number of hydrogen-bond acceptors (Lipinski definition) is 4. The topological polar surface area (TPSA) is 83.6 Å². The number of nitrogens with zero attached hydrogens (tertiary/aromatic N) is 1. The lowest BCUT2D eigenvalue weighted by atomic mass is 9.98. The minimum atomic E-state index is -3.60. The van der Waals surface area contributed by atoms with Crippen molar-refractivity contribution in [3.8, 4) is 0 Å². The zero-order valence-electron chi connectivity index (χ0n) is 12.3.